The molecule has 0 aliphatic carbocycles. The number of nitrogens with zero attached hydrogens (tertiary/aromatic N) is 2. The van der Waals surface area contributed by atoms with Crippen LogP contribution in [0, 0.1) is 10.1 Å². The molecule has 8 heteroatoms. The van der Waals surface area contributed by atoms with Gasteiger partial charge in [-0.05, 0) is 22.9 Å². The molecule has 0 saturated carbocycles. The number of aromatic nitrogens is 1. The van der Waals surface area contributed by atoms with Crippen LogP contribution in [0.25, 0.3) is 0 Å². The van der Waals surface area contributed by atoms with Crippen molar-refractivity contribution in [2.24, 2.45) is 0 Å². The molecule has 1 aromatic heterocycles. The lowest BCUT2D eigenvalue weighted by Crippen LogP contribution is -2.42. The first-order valence-corrected chi connectivity index (χ1v) is 5.50. The molecule has 17 heavy (non-hydrogen) atoms. The van der Waals surface area contributed by atoms with E-state index >= 15 is 0 Å². The van der Waals surface area contributed by atoms with E-state index in [-0.39, 0.29) is 24.6 Å². The number of hydrogen-bond acceptors (Lipinski definition) is 6. The first-order valence-electron chi connectivity index (χ1n) is 4.71. The van der Waals surface area contributed by atoms with Gasteiger partial charge >= 0.3 is 5.69 Å². The van der Waals surface area contributed by atoms with Crippen molar-refractivity contribution in [3.05, 3.63) is 27.0 Å². The lowest BCUT2D eigenvalue weighted by molar-refractivity contribution is -0.384. The summed E-state index contributed by atoms with van der Waals surface area (Å²) in [6.07, 6.45) is 2.49. The zero-order valence-corrected chi connectivity index (χ0v) is 10.6. The van der Waals surface area contributed by atoms with Crippen LogP contribution in [0.5, 0.6) is 0 Å². The van der Waals surface area contributed by atoms with E-state index < -0.39 is 10.5 Å². The first-order chi connectivity index (χ1) is 7.93. The van der Waals surface area contributed by atoms with Crippen LogP contribution >= 0.6 is 15.9 Å². The van der Waals surface area contributed by atoms with Crippen molar-refractivity contribution in [1.29, 1.82) is 0 Å². The monoisotopic (exact) mass is 305 g/mol. The number of hydrogen-bond donors (Lipinski definition) is 3. The van der Waals surface area contributed by atoms with Crippen LogP contribution in [0.4, 0.5) is 11.4 Å². The number of aliphatic hydroxyl groups excluding tert-OH is 2. The van der Waals surface area contributed by atoms with E-state index in [1.165, 1.54) is 6.20 Å². The Bertz CT molecular complexity index is 423. The minimum atomic E-state index is -1.05. The molecule has 0 saturated heterocycles. The van der Waals surface area contributed by atoms with Gasteiger partial charge < -0.3 is 15.5 Å². The van der Waals surface area contributed by atoms with Gasteiger partial charge in [-0.3, -0.25) is 15.1 Å². The second-order valence-corrected chi connectivity index (χ2v) is 4.63. The predicted octanol–water partition coefficient (Wildman–Crippen LogP) is 0.907. The van der Waals surface area contributed by atoms with E-state index in [0.717, 1.165) is 6.20 Å². The topological polar surface area (TPSA) is 109 Å². The number of pyridine rings is 1. The Kier molecular flexibility index (Phi) is 4.38. The highest BCUT2D eigenvalue weighted by atomic mass is 79.9. The minimum Gasteiger partial charge on any atom is -0.394 e. The van der Waals surface area contributed by atoms with Gasteiger partial charge in [-0.25, -0.2) is 0 Å². The van der Waals surface area contributed by atoms with Gasteiger partial charge in [-0.2, -0.15) is 0 Å². The van der Waals surface area contributed by atoms with E-state index in [2.05, 4.69) is 26.2 Å². The van der Waals surface area contributed by atoms with Crippen LogP contribution in [0.15, 0.2) is 16.9 Å². The standard InChI is InChI=1S/C9H12BrN3O4/c1-9(4-14,5-15)12-8-6(10)2-11-3-7(8)13(16)17/h2-3,14-15H,4-5H2,1H3,(H,11,12). The Morgan fingerprint density at radius 1 is 1.53 bits per heavy atom. The number of aliphatic hydroxyl groups is 2. The van der Waals surface area contributed by atoms with E-state index in [9.17, 15) is 10.1 Å². The maximum Gasteiger partial charge on any atom is 0.311 e. The number of nitrogens with one attached hydrogen (secondary N) is 1. The molecule has 0 spiro atoms. The van der Waals surface area contributed by atoms with Gasteiger partial charge in [0.2, 0.25) is 0 Å². The third-order valence-electron chi connectivity index (χ3n) is 2.20. The largest absolute Gasteiger partial charge is 0.394 e. The maximum absolute atomic E-state index is 10.8. The fraction of sp³-hybridized carbons (Fsp3) is 0.444. The van der Waals surface area contributed by atoms with E-state index in [4.69, 9.17) is 10.2 Å². The summed E-state index contributed by atoms with van der Waals surface area (Å²) in [6.45, 7) is 0.814. The molecule has 0 unspecified atom stereocenters. The zero-order valence-electron chi connectivity index (χ0n) is 9.05. The molecule has 1 aromatic rings. The number of nitro groups is 1. The summed E-state index contributed by atoms with van der Waals surface area (Å²) in [7, 11) is 0. The third-order valence-corrected chi connectivity index (χ3v) is 2.80. The lowest BCUT2D eigenvalue weighted by atomic mass is 10.1. The Morgan fingerprint density at radius 3 is 2.59 bits per heavy atom. The van der Waals surface area contributed by atoms with Crippen molar-refractivity contribution in [3.63, 3.8) is 0 Å². The molecule has 0 aliphatic heterocycles. The molecule has 3 N–H and O–H groups in total. The molecule has 1 rings (SSSR count). The Labute approximate surface area is 106 Å². The Hall–Kier alpha value is -1.25. The summed E-state index contributed by atoms with van der Waals surface area (Å²) in [6, 6.07) is 0. The summed E-state index contributed by atoms with van der Waals surface area (Å²) >= 11 is 3.13. The normalized spacial score (nSPS) is 11.3. The molecule has 0 atom stereocenters. The van der Waals surface area contributed by atoms with Gasteiger partial charge in [0.1, 0.15) is 11.9 Å². The third kappa shape index (κ3) is 3.11. The van der Waals surface area contributed by atoms with Gasteiger partial charge in [0.25, 0.3) is 0 Å². The smallest absolute Gasteiger partial charge is 0.311 e. The average Bonchev–Trinajstić information content (AvgIpc) is 2.31. The zero-order chi connectivity index (χ0) is 13.1. The fourth-order valence-electron chi connectivity index (χ4n) is 1.12. The van der Waals surface area contributed by atoms with Crippen molar-refractivity contribution in [1.82, 2.24) is 4.98 Å². The molecule has 0 aromatic carbocycles. The van der Waals surface area contributed by atoms with Crippen LogP contribution in [-0.4, -0.2) is 38.9 Å². The molecular weight excluding hydrogens is 294 g/mol. The first kappa shape index (κ1) is 13.8. The molecule has 0 amide bonds. The lowest BCUT2D eigenvalue weighted by Gasteiger charge is -2.27. The molecule has 0 aliphatic rings. The molecule has 0 radical (unpaired) electrons. The van der Waals surface area contributed by atoms with E-state index in [1.807, 2.05) is 0 Å². The average molecular weight is 306 g/mol. The second kappa shape index (κ2) is 5.39. The van der Waals surface area contributed by atoms with Crippen LogP contribution in [0.2, 0.25) is 0 Å². The highest BCUT2D eigenvalue weighted by Gasteiger charge is 2.27. The maximum atomic E-state index is 10.8. The van der Waals surface area contributed by atoms with E-state index in [0.29, 0.717) is 4.47 Å². The molecule has 1 heterocycles. The highest BCUT2D eigenvalue weighted by Crippen LogP contribution is 2.33. The number of anilines is 1. The highest BCUT2D eigenvalue weighted by molar-refractivity contribution is 9.10. The fourth-order valence-corrected chi connectivity index (χ4v) is 1.54. The second-order valence-electron chi connectivity index (χ2n) is 3.77. The van der Waals surface area contributed by atoms with Gasteiger partial charge in [0.15, 0.2) is 0 Å². The van der Waals surface area contributed by atoms with Crippen LogP contribution < -0.4 is 5.32 Å². The van der Waals surface area contributed by atoms with Gasteiger partial charge in [0, 0.05) is 6.20 Å². The predicted molar refractivity (Wildman–Crippen MR) is 64.8 cm³/mol. The molecular formula is C9H12BrN3O4. The van der Waals surface area contributed by atoms with Crippen molar-refractivity contribution < 1.29 is 15.1 Å². The minimum absolute atomic E-state index is 0.176. The van der Waals surface area contributed by atoms with Crippen molar-refractivity contribution >= 4 is 27.3 Å². The van der Waals surface area contributed by atoms with Crippen LogP contribution in [-0.2, 0) is 0 Å². The van der Waals surface area contributed by atoms with E-state index in [1.54, 1.807) is 6.92 Å². The van der Waals surface area contributed by atoms with Crippen molar-refractivity contribution in [3.8, 4) is 0 Å². The molecule has 0 fully saturated rings. The Balaban J connectivity index is 3.17. The van der Waals surface area contributed by atoms with Gasteiger partial charge in [-0.1, -0.05) is 0 Å². The molecule has 0 bridgehead atoms. The van der Waals surface area contributed by atoms with Gasteiger partial charge in [0.05, 0.1) is 28.1 Å². The van der Waals surface area contributed by atoms with Crippen molar-refractivity contribution in [2.45, 2.75) is 12.5 Å². The summed E-state index contributed by atoms with van der Waals surface area (Å²) in [5.41, 5.74) is -1.10. The molecule has 94 valence electrons. The number of halogens is 1. The van der Waals surface area contributed by atoms with Gasteiger partial charge in [-0.15, -0.1) is 0 Å². The summed E-state index contributed by atoms with van der Waals surface area (Å²) < 4.78 is 0.389. The van der Waals surface area contributed by atoms with Crippen molar-refractivity contribution in [2.75, 3.05) is 18.5 Å². The van der Waals surface area contributed by atoms with Crippen LogP contribution in [0.1, 0.15) is 6.92 Å². The van der Waals surface area contributed by atoms with Crippen LogP contribution in [0.3, 0.4) is 0 Å². The molecule has 7 nitrogen and oxygen atoms in total. The summed E-state index contributed by atoms with van der Waals surface area (Å²) in [5, 5.41) is 31.8. The summed E-state index contributed by atoms with van der Waals surface area (Å²) in [4.78, 5) is 13.9. The SMILES string of the molecule is CC(CO)(CO)Nc1c(Br)cncc1[N+](=O)[O-]. The summed E-state index contributed by atoms with van der Waals surface area (Å²) in [5.74, 6) is 0. The quantitative estimate of drug-likeness (QED) is 0.551. The Morgan fingerprint density at radius 2 is 2.12 bits per heavy atom. The number of rotatable bonds is 5.